The highest BCUT2D eigenvalue weighted by molar-refractivity contribution is 7.16. The Hall–Kier alpha value is -2.68. The quantitative estimate of drug-likeness (QED) is 0.660. The van der Waals surface area contributed by atoms with Gasteiger partial charge in [-0.1, -0.05) is 0 Å². The number of alkyl halides is 3. The van der Waals surface area contributed by atoms with Gasteiger partial charge < -0.3 is 19.5 Å². The topological polar surface area (TPSA) is 54.8 Å². The third-order valence-corrected chi connectivity index (χ3v) is 5.36. The van der Waals surface area contributed by atoms with Crippen LogP contribution < -0.4 is 14.4 Å². The van der Waals surface area contributed by atoms with Gasteiger partial charge in [0.1, 0.15) is 23.4 Å². The summed E-state index contributed by atoms with van der Waals surface area (Å²) in [7, 11) is 0. The summed E-state index contributed by atoms with van der Waals surface area (Å²) in [6, 6.07) is 9.03. The minimum atomic E-state index is -4.71. The van der Waals surface area contributed by atoms with Crippen molar-refractivity contribution in [2.75, 3.05) is 18.0 Å². The van der Waals surface area contributed by atoms with E-state index < -0.39 is 6.36 Å². The lowest BCUT2D eigenvalue weighted by Gasteiger charge is -2.34. The summed E-state index contributed by atoms with van der Waals surface area (Å²) in [6.45, 7) is 1.41. The number of fused-ring (bicyclic) bond motifs is 1. The van der Waals surface area contributed by atoms with Gasteiger partial charge in [-0.15, -0.1) is 24.5 Å². The summed E-state index contributed by atoms with van der Waals surface area (Å²) >= 11 is 1.53. The SMILES string of the molecule is Oc1cc2ncsc2cc1N1CCC(Oc2ccc(OC(F)(F)F)cc2)CC1. The number of hydrogen-bond donors (Lipinski definition) is 1. The molecule has 5 nitrogen and oxygen atoms in total. The van der Waals surface area contributed by atoms with E-state index in [0.29, 0.717) is 18.8 Å². The van der Waals surface area contributed by atoms with Crippen LogP contribution in [0.3, 0.4) is 0 Å². The standard InChI is InChI=1S/C19H17F3N2O3S/c20-19(21,22)27-14-3-1-12(2-4-14)26-13-5-7-24(8-6-13)16-10-18-15(9-17(16)25)23-11-28-18/h1-4,9-11,13,25H,5-8H2. The number of halogens is 3. The molecule has 4 rings (SSSR count). The van der Waals surface area contributed by atoms with Gasteiger partial charge in [0, 0.05) is 32.0 Å². The van der Waals surface area contributed by atoms with Crippen molar-refractivity contribution in [3.8, 4) is 17.2 Å². The number of piperidine rings is 1. The number of rotatable bonds is 4. The lowest BCUT2D eigenvalue weighted by molar-refractivity contribution is -0.274. The van der Waals surface area contributed by atoms with Crippen LogP contribution in [0.15, 0.2) is 41.9 Å². The second kappa shape index (κ2) is 7.38. The van der Waals surface area contributed by atoms with Crippen LogP contribution in [0, 0.1) is 0 Å². The molecule has 0 spiro atoms. The van der Waals surface area contributed by atoms with E-state index in [1.54, 1.807) is 11.6 Å². The summed E-state index contributed by atoms with van der Waals surface area (Å²) in [5.74, 6) is 0.434. The number of thiazole rings is 1. The van der Waals surface area contributed by atoms with Crippen molar-refractivity contribution in [2.24, 2.45) is 0 Å². The molecule has 0 radical (unpaired) electrons. The summed E-state index contributed by atoms with van der Waals surface area (Å²) in [5, 5.41) is 10.3. The van der Waals surface area contributed by atoms with Crippen molar-refractivity contribution < 1.29 is 27.8 Å². The number of aromatic nitrogens is 1. The first-order chi connectivity index (χ1) is 13.4. The zero-order valence-corrected chi connectivity index (χ0v) is 15.5. The fourth-order valence-electron chi connectivity index (χ4n) is 3.26. The van der Waals surface area contributed by atoms with Crippen LogP contribution in [0.25, 0.3) is 10.2 Å². The van der Waals surface area contributed by atoms with Gasteiger partial charge in [-0.2, -0.15) is 0 Å². The van der Waals surface area contributed by atoms with Gasteiger partial charge in [0.2, 0.25) is 0 Å². The van der Waals surface area contributed by atoms with E-state index in [2.05, 4.69) is 14.6 Å². The first-order valence-corrected chi connectivity index (χ1v) is 9.59. The van der Waals surface area contributed by atoms with E-state index >= 15 is 0 Å². The van der Waals surface area contributed by atoms with Crippen molar-refractivity contribution in [2.45, 2.75) is 25.3 Å². The number of aromatic hydroxyl groups is 1. The molecule has 0 bridgehead atoms. The zero-order chi connectivity index (χ0) is 19.7. The van der Waals surface area contributed by atoms with Crippen LogP contribution in [-0.2, 0) is 0 Å². The summed E-state index contributed by atoms with van der Waals surface area (Å²) in [6.07, 6.45) is -3.27. The van der Waals surface area contributed by atoms with E-state index in [1.165, 1.54) is 35.6 Å². The summed E-state index contributed by atoms with van der Waals surface area (Å²) in [4.78, 5) is 6.30. The molecule has 28 heavy (non-hydrogen) atoms. The normalized spacial score (nSPS) is 15.8. The van der Waals surface area contributed by atoms with Gasteiger partial charge in [0.05, 0.1) is 21.4 Å². The second-order valence-corrected chi connectivity index (χ2v) is 7.37. The van der Waals surface area contributed by atoms with Crippen LogP contribution >= 0.6 is 11.3 Å². The smallest absolute Gasteiger partial charge is 0.506 e. The molecule has 1 aromatic heterocycles. The van der Waals surface area contributed by atoms with E-state index in [4.69, 9.17) is 4.74 Å². The van der Waals surface area contributed by atoms with Crippen molar-refractivity contribution in [3.63, 3.8) is 0 Å². The highest BCUT2D eigenvalue weighted by Crippen LogP contribution is 2.35. The Morgan fingerprint density at radius 3 is 2.43 bits per heavy atom. The monoisotopic (exact) mass is 410 g/mol. The molecule has 0 amide bonds. The van der Waals surface area contributed by atoms with Gasteiger partial charge in [0.25, 0.3) is 0 Å². The zero-order valence-electron chi connectivity index (χ0n) is 14.6. The number of phenols is 1. The number of anilines is 1. The molecule has 3 aromatic rings. The van der Waals surface area contributed by atoms with E-state index in [9.17, 15) is 18.3 Å². The van der Waals surface area contributed by atoms with E-state index in [1.807, 2.05) is 6.07 Å². The van der Waals surface area contributed by atoms with Crippen LogP contribution in [0.4, 0.5) is 18.9 Å². The van der Waals surface area contributed by atoms with Gasteiger partial charge in [-0.05, 0) is 30.3 Å². The van der Waals surface area contributed by atoms with Gasteiger partial charge in [0.15, 0.2) is 0 Å². The minimum absolute atomic E-state index is 0.0417. The van der Waals surface area contributed by atoms with Crippen LogP contribution in [-0.4, -0.2) is 35.6 Å². The van der Waals surface area contributed by atoms with Gasteiger partial charge >= 0.3 is 6.36 Å². The predicted octanol–water partition coefficient (Wildman–Crippen LogP) is 4.95. The molecule has 0 saturated carbocycles. The summed E-state index contributed by atoms with van der Waals surface area (Å²) < 4.78 is 47.4. The molecule has 1 fully saturated rings. The largest absolute Gasteiger partial charge is 0.573 e. The molecule has 1 aliphatic rings. The maximum Gasteiger partial charge on any atom is 0.573 e. The number of benzene rings is 2. The van der Waals surface area contributed by atoms with Gasteiger partial charge in [-0.25, -0.2) is 4.98 Å². The number of phenolic OH excluding ortho intramolecular Hbond substituents is 1. The maximum atomic E-state index is 12.2. The highest BCUT2D eigenvalue weighted by atomic mass is 32.1. The Morgan fingerprint density at radius 2 is 1.75 bits per heavy atom. The number of ether oxygens (including phenoxy) is 2. The molecule has 2 heterocycles. The molecule has 0 atom stereocenters. The van der Waals surface area contributed by atoms with Crippen molar-refractivity contribution in [3.05, 3.63) is 41.9 Å². The van der Waals surface area contributed by atoms with Crippen LogP contribution in [0.1, 0.15) is 12.8 Å². The average Bonchev–Trinajstić information content (AvgIpc) is 3.09. The van der Waals surface area contributed by atoms with Gasteiger partial charge in [-0.3, -0.25) is 0 Å². The Balaban J connectivity index is 1.35. The molecule has 1 aliphatic heterocycles. The second-order valence-electron chi connectivity index (χ2n) is 6.48. The fourth-order valence-corrected chi connectivity index (χ4v) is 3.95. The first-order valence-electron chi connectivity index (χ1n) is 8.71. The van der Waals surface area contributed by atoms with Crippen molar-refractivity contribution in [1.29, 1.82) is 0 Å². The summed E-state index contributed by atoms with van der Waals surface area (Å²) in [5.41, 5.74) is 3.31. The highest BCUT2D eigenvalue weighted by Gasteiger charge is 2.31. The van der Waals surface area contributed by atoms with Crippen molar-refractivity contribution >= 4 is 27.2 Å². The Morgan fingerprint density at radius 1 is 1.07 bits per heavy atom. The third-order valence-electron chi connectivity index (χ3n) is 4.57. The van der Waals surface area contributed by atoms with E-state index in [0.717, 1.165) is 28.7 Å². The molecular weight excluding hydrogens is 393 g/mol. The Kier molecular flexibility index (Phi) is 4.92. The molecule has 2 aromatic carbocycles. The minimum Gasteiger partial charge on any atom is -0.506 e. The molecule has 1 saturated heterocycles. The Labute approximate surface area is 162 Å². The molecule has 0 aliphatic carbocycles. The number of nitrogens with zero attached hydrogens (tertiary/aromatic N) is 2. The molecular formula is C19H17F3N2O3S. The van der Waals surface area contributed by atoms with Crippen LogP contribution in [0.2, 0.25) is 0 Å². The predicted molar refractivity (Wildman–Crippen MR) is 100 cm³/mol. The Bertz CT molecular complexity index is 951. The molecule has 148 valence electrons. The average molecular weight is 410 g/mol. The third kappa shape index (κ3) is 4.24. The fraction of sp³-hybridized carbons (Fsp3) is 0.316. The van der Waals surface area contributed by atoms with Crippen LogP contribution in [0.5, 0.6) is 17.2 Å². The molecule has 9 heteroatoms. The van der Waals surface area contributed by atoms with E-state index in [-0.39, 0.29) is 17.6 Å². The first kappa shape index (κ1) is 18.7. The maximum absolute atomic E-state index is 12.2. The van der Waals surface area contributed by atoms with Crippen molar-refractivity contribution in [1.82, 2.24) is 4.98 Å². The lowest BCUT2D eigenvalue weighted by Crippen LogP contribution is -2.38. The number of hydrogen-bond acceptors (Lipinski definition) is 6. The molecule has 1 N–H and O–H groups in total. The molecule has 0 unspecified atom stereocenters. The lowest BCUT2D eigenvalue weighted by atomic mass is 10.1.